The van der Waals surface area contributed by atoms with Gasteiger partial charge in [0.05, 0.1) is 22.3 Å². The number of halogens is 1. The standard InChI is InChI=1S/C14H11ClN2O/c1-9-5-12(18)6-10(2)17(9)14-4-3-11(8-16)7-13(14)15/h3-7H,1-2H3. The first-order chi connectivity index (χ1) is 8.52. The number of aromatic nitrogens is 1. The Morgan fingerprint density at radius 3 is 2.28 bits per heavy atom. The van der Waals surface area contributed by atoms with Crippen molar-refractivity contribution in [2.75, 3.05) is 0 Å². The summed E-state index contributed by atoms with van der Waals surface area (Å²) in [7, 11) is 0. The molecule has 0 aliphatic carbocycles. The molecule has 0 unspecified atom stereocenters. The van der Waals surface area contributed by atoms with Gasteiger partial charge in [0.25, 0.3) is 0 Å². The SMILES string of the molecule is Cc1cc(=O)cc(C)n1-c1ccc(C#N)cc1Cl. The van der Waals surface area contributed by atoms with E-state index in [1.54, 1.807) is 30.3 Å². The van der Waals surface area contributed by atoms with E-state index in [4.69, 9.17) is 16.9 Å². The largest absolute Gasteiger partial charge is 0.317 e. The molecule has 0 saturated heterocycles. The first-order valence-electron chi connectivity index (χ1n) is 5.43. The molecule has 18 heavy (non-hydrogen) atoms. The van der Waals surface area contributed by atoms with Crippen molar-refractivity contribution < 1.29 is 0 Å². The number of benzene rings is 1. The zero-order valence-corrected chi connectivity index (χ0v) is 10.8. The van der Waals surface area contributed by atoms with Crippen LogP contribution in [-0.2, 0) is 0 Å². The topological polar surface area (TPSA) is 45.8 Å². The van der Waals surface area contributed by atoms with Gasteiger partial charge in [-0.1, -0.05) is 11.6 Å². The molecular formula is C14H11ClN2O. The molecule has 0 saturated carbocycles. The van der Waals surface area contributed by atoms with Gasteiger partial charge in [0, 0.05) is 23.5 Å². The normalized spacial score (nSPS) is 10.1. The number of hydrogen-bond donors (Lipinski definition) is 0. The average molecular weight is 259 g/mol. The fourth-order valence-corrected chi connectivity index (χ4v) is 2.26. The van der Waals surface area contributed by atoms with E-state index in [1.807, 2.05) is 24.5 Å². The van der Waals surface area contributed by atoms with Crippen molar-refractivity contribution in [3.63, 3.8) is 0 Å². The molecule has 1 aromatic carbocycles. The van der Waals surface area contributed by atoms with E-state index in [-0.39, 0.29) is 5.43 Å². The average Bonchev–Trinajstić information content (AvgIpc) is 2.29. The molecule has 0 atom stereocenters. The smallest absolute Gasteiger partial charge is 0.182 e. The Morgan fingerprint density at radius 1 is 1.17 bits per heavy atom. The Balaban J connectivity index is 2.71. The molecule has 0 spiro atoms. The summed E-state index contributed by atoms with van der Waals surface area (Å²) in [5.41, 5.74) is 2.88. The van der Waals surface area contributed by atoms with Crippen LogP contribution in [0.4, 0.5) is 0 Å². The molecule has 4 heteroatoms. The van der Waals surface area contributed by atoms with Crippen LogP contribution >= 0.6 is 11.6 Å². The van der Waals surface area contributed by atoms with Crippen molar-refractivity contribution in [3.8, 4) is 11.8 Å². The third-order valence-corrected chi connectivity index (χ3v) is 3.03. The zero-order valence-electron chi connectivity index (χ0n) is 10.1. The van der Waals surface area contributed by atoms with E-state index in [0.717, 1.165) is 17.1 Å². The maximum atomic E-state index is 11.4. The van der Waals surface area contributed by atoms with Gasteiger partial charge < -0.3 is 4.57 Å². The Labute approximate surface area is 110 Å². The summed E-state index contributed by atoms with van der Waals surface area (Å²) < 4.78 is 1.89. The van der Waals surface area contributed by atoms with Crippen LogP contribution in [0.25, 0.3) is 5.69 Å². The molecule has 90 valence electrons. The molecule has 0 amide bonds. The predicted octanol–water partition coefficient (Wildman–Crippen LogP) is 2.98. The predicted molar refractivity (Wildman–Crippen MR) is 71.2 cm³/mol. The fraction of sp³-hybridized carbons (Fsp3) is 0.143. The molecule has 1 aromatic heterocycles. The van der Waals surface area contributed by atoms with Gasteiger partial charge in [-0.05, 0) is 32.0 Å². The lowest BCUT2D eigenvalue weighted by molar-refractivity contribution is 0.922. The maximum Gasteiger partial charge on any atom is 0.182 e. The first kappa shape index (κ1) is 12.4. The highest BCUT2D eigenvalue weighted by atomic mass is 35.5. The van der Waals surface area contributed by atoms with Crippen molar-refractivity contribution in [2.45, 2.75) is 13.8 Å². The van der Waals surface area contributed by atoms with E-state index >= 15 is 0 Å². The zero-order chi connectivity index (χ0) is 13.3. The van der Waals surface area contributed by atoms with Gasteiger partial charge in [-0.25, -0.2) is 0 Å². The minimum atomic E-state index is -0.0222. The van der Waals surface area contributed by atoms with E-state index < -0.39 is 0 Å². The van der Waals surface area contributed by atoms with Crippen molar-refractivity contribution in [3.05, 3.63) is 62.5 Å². The lowest BCUT2D eigenvalue weighted by Crippen LogP contribution is -2.11. The highest BCUT2D eigenvalue weighted by molar-refractivity contribution is 6.32. The number of rotatable bonds is 1. The fourth-order valence-electron chi connectivity index (χ4n) is 2.00. The number of nitriles is 1. The van der Waals surface area contributed by atoms with Gasteiger partial charge in [-0.3, -0.25) is 4.79 Å². The quantitative estimate of drug-likeness (QED) is 0.789. The maximum absolute atomic E-state index is 11.4. The molecule has 0 bridgehead atoms. The summed E-state index contributed by atoms with van der Waals surface area (Å²) in [6.07, 6.45) is 0. The van der Waals surface area contributed by atoms with E-state index in [2.05, 4.69) is 0 Å². The van der Waals surface area contributed by atoms with Crippen LogP contribution in [-0.4, -0.2) is 4.57 Å². The molecule has 1 heterocycles. The van der Waals surface area contributed by atoms with Gasteiger partial charge in [0.1, 0.15) is 0 Å². The lowest BCUT2D eigenvalue weighted by Gasteiger charge is -2.15. The van der Waals surface area contributed by atoms with Crippen molar-refractivity contribution >= 4 is 11.6 Å². The van der Waals surface area contributed by atoms with Gasteiger partial charge >= 0.3 is 0 Å². The summed E-state index contributed by atoms with van der Waals surface area (Å²) in [5, 5.41) is 9.30. The highest BCUT2D eigenvalue weighted by Gasteiger charge is 2.08. The third-order valence-electron chi connectivity index (χ3n) is 2.73. The molecule has 3 nitrogen and oxygen atoms in total. The lowest BCUT2D eigenvalue weighted by atomic mass is 10.2. The van der Waals surface area contributed by atoms with Crippen LogP contribution in [0.1, 0.15) is 17.0 Å². The molecule has 0 aliphatic heterocycles. The monoisotopic (exact) mass is 258 g/mol. The van der Waals surface area contributed by atoms with Crippen LogP contribution in [0.5, 0.6) is 0 Å². The van der Waals surface area contributed by atoms with Gasteiger partial charge in [-0.15, -0.1) is 0 Å². The number of hydrogen-bond acceptors (Lipinski definition) is 2. The van der Waals surface area contributed by atoms with Crippen molar-refractivity contribution in [2.24, 2.45) is 0 Å². The molecular weight excluding hydrogens is 248 g/mol. The molecule has 2 aromatic rings. The summed E-state index contributed by atoms with van der Waals surface area (Å²) in [6.45, 7) is 3.70. The molecule has 0 fully saturated rings. The van der Waals surface area contributed by atoms with Gasteiger partial charge in [0.15, 0.2) is 5.43 Å². The van der Waals surface area contributed by atoms with E-state index in [1.165, 1.54) is 0 Å². The number of nitrogens with zero attached hydrogens (tertiary/aromatic N) is 2. The second kappa shape index (κ2) is 4.67. The second-order valence-electron chi connectivity index (χ2n) is 4.09. The Kier molecular flexibility index (Phi) is 3.22. The summed E-state index contributed by atoms with van der Waals surface area (Å²) in [6, 6.07) is 10.3. The van der Waals surface area contributed by atoms with Crippen molar-refractivity contribution in [1.29, 1.82) is 5.26 Å². The van der Waals surface area contributed by atoms with Crippen LogP contribution in [0.15, 0.2) is 35.1 Å². The molecule has 0 N–H and O–H groups in total. The summed E-state index contributed by atoms with van der Waals surface area (Å²) >= 11 is 6.18. The second-order valence-corrected chi connectivity index (χ2v) is 4.49. The van der Waals surface area contributed by atoms with Gasteiger partial charge in [-0.2, -0.15) is 5.26 Å². The minimum Gasteiger partial charge on any atom is -0.317 e. The first-order valence-corrected chi connectivity index (χ1v) is 5.81. The number of aryl methyl sites for hydroxylation is 2. The number of pyridine rings is 1. The molecule has 2 rings (SSSR count). The van der Waals surface area contributed by atoms with Crippen molar-refractivity contribution in [1.82, 2.24) is 4.57 Å². The minimum absolute atomic E-state index is 0.0222. The Hall–Kier alpha value is -2.05. The molecule has 0 radical (unpaired) electrons. The van der Waals surface area contributed by atoms with E-state index in [9.17, 15) is 4.79 Å². The Morgan fingerprint density at radius 2 is 1.78 bits per heavy atom. The van der Waals surface area contributed by atoms with Crippen LogP contribution in [0.3, 0.4) is 0 Å². The van der Waals surface area contributed by atoms with E-state index in [0.29, 0.717) is 10.6 Å². The van der Waals surface area contributed by atoms with Crippen LogP contribution < -0.4 is 5.43 Å². The Bertz CT molecular complexity index is 684. The molecule has 0 aliphatic rings. The summed E-state index contributed by atoms with van der Waals surface area (Å²) in [5.74, 6) is 0. The summed E-state index contributed by atoms with van der Waals surface area (Å²) in [4.78, 5) is 11.4. The van der Waals surface area contributed by atoms with Gasteiger partial charge in [0.2, 0.25) is 0 Å². The van der Waals surface area contributed by atoms with Crippen LogP contribution in [0, 0.1) is 25.2 Å². The third kappa shape index (κ3) is 2.15. The van der Waals surface area contributed by atoms with Crippen LogP contribution in [0.2, 0.25) is 5.02 Å². The highest BCUT2D eigenvalue weighted by Crippen LogP contribution is 2.23.